The van der Waals surface area contributed by atoms with Crippen LogP contribution in [-0.2, 0) is 19.9 Å². The third kappa shape index (κ3) is 2.57. The number of sulfone groups is 1. The highest BCUT2D eigenvalue weighted by atomic mass is 32.2. The van der Waals surface area contributed by atoms with Gasteiger partial charge in [0.25, 0.3) is 0 Å². The summed E-state index contributed by atoms with van der Waals surface area (Å²) in [4.78, 5) is 0.0990. The predicted octanol–water partition coefficient (Wildman–Crippen LogP) is 0.625. The average Bonchev–Trinajstić information content (AvgIpc) is 2.12. The van der Waals surface area contributed by atoms with Crippen molar-refractivity contribution in [2.45, 2.75) is 28.9 Å². The molecule has 2 rings (SSSR count). The largest absolute Gasteiger partial charge is 0.238 e. The molecule has 1 aliphatic rings. The Morgan fingerprint density at radius 3 is 2.17 bits per heavy atom. The molecule has 100 valence electrons. The lowest BCUT2D eigenvalue weighted by Gasteiger charge is -2.35. The fourth-order valence-electron chi connectivity index (χ4n) is 2.25. The zero-order valence-corrected chi connectivity index (χ0v) is 11.5. The highest BCUT2D eigenvalue weighted by molar-refractivity contribution is 7.91. The Labute approximate surface area is 107 Å². The van der Waals surface area contributed by atoms with Crippen molar-refractivity contribution in [1.29, 1.82) is 0 Å². The van der Waals surface area contributed by atoms with Crippen LogP contribution in [0, 0.1) is 0 Å². The molecule has 0 amide bonds. The van der Waals surface area contributed by atoms with E-state index in [1.807, 2.05) is 0 Å². The van der Waals surface area contributed by atoms with Crippen LogP contribution in [0.25, 0.3) is 0 Å². The molecule has 0 spiro atoms. The van der Waals surface area contributed by atoms with Gasteiger partial charge >= 0.3 is 0 Å². The summed E-state index contributed by atoms with van der Waals surface area (Å²) in [5, 5.41) is 4.78. The molecule has 0 heterocycles. The van der Waals surface area contributed by atoms with Gasteiger partial charge in [0.1, 0.15) is 9.84 Å². The summed E-state index contributed by atoms with van der Waals surface area (Å²) in [5.41, 5.74) is 0.625. The minimum absolute atomic E-state index is 0.0424. The van der Waals surface area contributed by atoms with Crippen LogP contribution in [0.4, 0.5) is 0 Å². The lowest BCUT2D eigenvalue weighted by molar-refractivity contribution is 0.407. The molecule has 1 aliphatic carbocycles. The van der Waals surface area contributed by atoms with Gasteiger partial charge in [0.05, 0.1) is 10.1 Å². The van der Waals surface area contributed by atoms with E-state index in [1.165, 1.54) is 12.3 Å². The lowest BCUT2D eigenvalue weighted by atomic mass is 9.79. The Kier molecular flexibility index (Phi) is 3.25. The normalized spacial score (nSPS) is 24.6. The van der Waals surface area contributed by atoms with Crippen LogP contribution in [-0.4, -0.2) is 28.3 Å². The molecular formula is C11H15NO4S2. The van der Waals surface area contributed by atoms with E-state index in [1.54, 1.807) is 18.2 Å². The van der Waals surface area contributed by atoms with Gasteiger partial charge in [-0.1, -0.05) is 18.2 Å². The first-order valence-electron chi connectivity index (χ1n) is 5.50. The maximum atomic E-state index is 11.4. The first kappa shape index (κ1) is 13.5. The molecule has 0 atom stereocenters. The highest BCUT2D eigenvalue weighted by Gasteiger charge is 2.38. The van der Waals surface area contributed by atoms with E-state index < -0.39 is 19.9 Å². The lowest BCUT2D eigenvalue weighted by Crippen LogP contribution is -2.34. The third-order valence-corrected chi connectivity index (χ3v) is 5.95. The molecule has 5 nitrogen and oxygen atoms in total. The van der Waals surface area contributed by atoms with Crippen molar-refractivity contribution < 1.29 is 16.8 Å². The van der Waals surface area contributed by atoms with E-state index in [0.29, 0.717) is 18.4 Å². The maximum Gasteiger partial charge on any atom is 0.238 e. The second kappa shape index (κ2) is 4.32. The summed E-state index contributed by atoms with van der Waals surface area (Å²) >= 11 is 0. The molecule has 0 aliphatic heterocycles. The molecule has 0 unspecified atom stereocenters. The molecule has 0 radical (unpaired) electrons. The first-order chi connectivity index (χ1) is 8.19. The van der Waals surface area contributed by atoms with E-state index in [2.05, 4.69) is 0 Å². The van der Waals surface area contributed by atoms with Crippen molar-refractivity contribution in [1.82, 2.24) is 0 Å². The number of hydrogen-bond donors (Lipinski definition) is 1. The number of benzene rings is 1. The molecule has 0 bridgehead atoms. The van der Waals surface area contributed by atoms with Crippen LogP contribution in [0.2, 0.25) is 0 Å². The summed E-state index contributed by atoms with van der Waals surface area (Å²) in [7, 11) is -6.79. The fourth-order valence-corrected chi connectivity index (χ4v) is 4.24. The number of primary sulfonamides is 1. The predicted molar refractivity (Wildman–Crippen MR) is 68.4 cm³/mol. The van der Waals surface area contributed by atoms with E-state index >= 15 is 0 Å². The van der Waals surface area contributed by atoms with Crippen LogP contribution in [0.1, 0.15) is 24.3 Å². The zero-order chi connectivity index (χ0) is 13.6. The second-order valence-electron chi connectivity index (χ2n) is 4.70. The molecule has 1 saturated carbocycles. The van der Waals surface area contributed by atoms with Crippen molar-refractivity contribution in [3.63, 3.8) is 0 Å². The third-order valence-electron chi connectivity index (χ3n) is 3.37. The Morgan fingerprint density at radius 2 is 1.67 bits per heavy atom. The molecular weight excluding hydrogens is 274 g/mol. The Bertz CT molecular complexity index is 658. The zero-order valence-electron chi connectivity index (χ0n) is 9.91. The van der Waals surface area contributed by atoms with Crippen molar-refractivity contribution in [3.8, 4) is 0 Å². The van der Waals surface area contributed by atoms with Crippen molar-refractivity contribution in [3.05, 3.63) is 29.8 Å². The van der Waals surface area contributed by atoms with Crippen molar-refractivity contribution in [2.24, 2.45) is 5.14 Å². The number of nitrogens with two attached hydrogens (primary N) is 1. The van der Waals surface area contributed by atoms with Crippen LogP contribution in [0.5, 0.6) is 0 Å². The van der Waals surface area contributed by atoms with Crippen LogP contribution in [0.3, 0.4) is 0 Å². The summed E-state index contributed by atoms with van der Waals surface area (Å²) in [6, 6.07) is 6.50. The van der Waals surface area contributed by atoms with Gasteiger partial charge in [-0.3, -0.25) is 0 Å². The molecule has 18 heavy (non-hydrogen) atoms. The van der Waals surface area contributed by atoms with Crippen molar-refractivity contribution >= 4 is 19.9 Å². The quantitative estimate of drug-likeness (QED) is 0.882. The van der Waals surface area contributed by atoms with Gasteiger partial charge in [-0.25, -0.2) is 22.0 Å². The smallest absolute Gasteiger partial charge is 0.229 e. The summed E-state index contributed by atoms with van der Waals surface area (Å²) in [6.45, 7) is 0. The number of hydrogen-bond acceptors (Lipinski definition) is 4. The SMILES string of the molecule is CS(=O)(=O)C1CC(c2ccccc2S(N)(=O)=O)C1. The number of sulfonamides is 1. The monoisotopic (exact) mass is 289 g/mol. The Balaban J connectivity index is 2.28. The van der Waals surface area contributed by atoms with Crippen LogP contribution >= 0.6 is 0 Å². The molecule has 1 fully saturated rings. The van der Waals surface area contributed by atoms with Gasteiger partial charge in [-0.2, -0.15) is 0 Å². The van der Waals surface area contributed by atoms with Gasteiger partial charge in [-0.15, -0.1) is 0 Å². The molecule has 0 aromatic heterocycles. The van der Waals surface area contributed by atoms with E-state index in [4.69, 9.17) is 5.14 Å². The molecule has 7 heteroatoms. The molecule has 1 aromatic carbocycles. The van der Waals surface area contributed by atoms with Crippen LogP contribution in [0.15, 0.2) is 29.2 Å². The fraction of sp³-hybridized carbons (Fsp3) is 0.455. The number of rotatable bonds is 3. The summed E-state index contributed by atoms with van der Waals surface area (Å²) in [5.74, 6) is -0.0424. The molecule has 1 aromatic rings. The van der Waals surface area contributed by atoms with Gasteiger partial charge in [-0.05, 0) is 30.4 Å². The molecule has 2 N–H and O–H groups in total. The van der Waals surface area contributed by atoms with Gasteiger partial charge in [0.15, 0.2) is 0 Å². The van der Waals surface area contributed by atoms with Crippen LogP contribution < -0.4 is 5.14 Å². The summed E-state index contributed by atoms with van der Waals surface area (Å²) in [6.07, 6.45) is 2.14. The van der Waals surface area contributed by atoms with E-state index in [-0.39, 0.29) is 16.1 Å². The summed E-state index contributed by atoms with van der Waals surface area (Å²) < 4.78 is 45.5. The minimum atomic E-state index is -3.76. The highest BCUT2D eigenvalue weighted by Crippen LogP contribution is 2.42. The van der Waals surface area contributed by atoms with Crippen molar-refractivity contribution in [2.75, 3.05) is 6.26 Å². The van der Waals surface area contributed by atoms with E-state index in [9.17, 15) is 16.8 Å². The standard InChI is InChI=1S/C11H15NO4S2/c1-17(13,14)9-6-8(7-9)10-4-2-3-5-11(10)18(12,15)16/h2-5,8-9H,6-7H2,1H3,(H2,12,15,16). The van der Waals surface area contributed by atoms with Gasteiger partial charge in [0, 0.05) is 6.26 Å². The van der Waals surface area contributed by atoms with E-state index in [0.717, 1.165) is 0 Å². The first-order valence-corrected chi connectivity index (χ1v) is 9.00. The minimum Gasteiger partial charge on any atom is -0.229 e. The molecule has 0 saturated heterocycles. The van der Waals surface area contributed by atoms with Gasteiger partial charge < -0.3 is 0 Å². The Morgan fingerprint density at radius 1 is 1.11 bits per heavy atom. The topological polar surface area (TPSA) is 94.3 Å². The Hall–Kier alpha value is -0.920. The van der Waals surface area contributed by atoms with Gasteiger partial charge in [0.2, 0.25) is 10.0 Å². The second-order valence-corrected chi connectivity index (χ2v) is 8.56. The maximum absolute atomic E-state index is 11.4. The average molecular weight is 289 g/mol.